The van der Waals surface area contributed by atoms with Crippen LogP contribution in [0.5, 0.6) is 0 Å². The van der Waals surface area contributed by atoms with Crippen LogP contribution in [-0.4, -0.2) is 47.7 Å². The highest BCUT2D eigenvalue weighted by molar-refractivity contribution is 7.89. The smallest absolute Gasteiger partial charge is 0.337 e. The Kier molecular flexibility index (Phi) is 8.19. The van der Waals surface area contributed by atoms with Crippen molar-refractivity contribution < 1.29 is 37.1 Å². The lowest BCUT2D eigenvalue weighted by Gasteiger charge is -2.10. The number of benzene rings is 1. The summed E-state index contributed by atoms with van der Waals surface area (Å²) in [4.78, 5) is 11.3. The molecule has 0 amide bonds. The molecule has 12 heteroatoms. The number of ether oxygens (including phenoxy) is 1. The third kappa shape index (κ3) is 5.84. The van der Waals surface area contributed by atoms with Crippen molar-refractivity contribution in [2.45, 2.75) is 9.79 Å². The molecule has 0 fully saturated rings. The van der Waals surface area contributed by atoms with E-state index < -0.39 is 36.9 Å². The van der Waals surface area contributed by atoms with Gasteiger partial charge in [0.2, 0.25) is 0 Å². The zero-order valence-corrected chi connectivity index (χ0v) is 12.5. The van der Waals surface area contributed by atoms with Gasteiger partial charge in [0.15, 0.2) is 0 Å². The third-order valence-corrected chi connectivity index (χ3v) is 3.64. The number of carbonyl (C=O) groups is 1. The second kappa shape index (κ2) is 8.78. The number of hydrogen-bond acceptors (Lipinski definition) is 9. The molecule has 0 saturated heterocycles. The largest absolute Gasteiger partial charge is 0.768 e. The lowest BCUT2D eigenvalue weighted by Crippen LogP contribution is -2.20. The van der Waals surface area contributed by atoms with Crippen molar-refractivity contribution in [3.63, 3.8) is 0 Å². The van der Waals surface area contributed by atoms with Gasteiger partial charge in [-0.2, -0.15) is 0 Å². The Balaban J connectivity index is 0.00000122. The van der Waals surface area contributed by atoms with Crippen molar-refractivity contribution >= 4 is 27.1 Å². The fourth-order valence-electron chi connectivity index (χ4n) is 1.11. The summed E-state index contributed by atoms with van der Waals surface area (Å²) in [5.41, 5.74) is 1.48. The zero-order valence-electron chi connectivity index (χ0n) is 10.9. The van der Waals surface area contributed by atoms with Crippen LogP contribution in [0, 0.1) is 0 Å². The first-order valence-electron chi connectivity index (χ1n) is 5.02. The normalized spacial score (nSPS) is 12.0. The lowest BCUT2D eigenvalue weighted by molar-refractivity contribution is 0.0600. The first kappa shape index (κ1) is 19.6. The quantitative estimate of drug-likeness (QED) is 0.304. The number of hydrogen-bond donors (Lipinski definition) is 4. The first-order chi connectivity index (χ1) is 9.73. The van der Waals surface area contributed by atoms with Crippen LogP contribution < -0.4 is 10.4 Å². The molecule has 1 aromatic carbocycles. The minimum Gasteiger partial charge on any atom is -0.768 e. The Morgan fingerprint density at radius 1 is 1.33 bits per heavy atom. The van der Waals surface area contributed by atoms with Gasteiger partial charge in [0.25, 0.3) is 10.0 Å². The molecule has 120 valence electrons. The SMILES string of the molecule is CNO.COC(=O)c1cc(S(=O)[O-])cc(S(=O)(=O)NO)c1. The topological polar surface area (TPSA) is 165 Å². The average molecular weight is 341 g/mol. The minimum absolute atomic E-state index is 0.270. The summed E-state index contributed by atoms with van der Waals surface area (Å²) in [5, 5.41) is 15.8. The molecule has 1 rings (SSSR count). The molecule has 0 heterocycles. The van der Waals surface area contributed by atoms with E-state index in [4.69, 9.17) is 10.4 Å². The van der Waals surface area contributed by atoms with Crippen molar-refractivity contribution in [1.29, 1.82) is 0 Å². The standard InChI is InChI=1S/C8H9NO7S2.CH5NO/c1-16-8(10)5-2-6(17(12)13)4-7(3-5)18(14,15)9-11;1-2-3/h2-4,9,11H,1H3,(H,12,13);2-3H,1H3/p-1. The van der Waals surface area contributed by atoms with Crippen molar-refractivity contribution in [2.75, 3.05) is 14.2 Å². The number of sulfonamides is 1. The molecule has 0 saturated carbocycles. The average Bonchev–Trinajstić information content (AvgIpc) is 2.46. The fourth-order valence-corrected chi connectivity index (χ4v) is 2.30. The predicted molar refractivity (Wildman–Crippen MR) is 67.9 cm³/mol. The number of esters is 1. The van der Waals surface area contributed by atoms with Crippen LogP contribution in [0.2, 0.25) is 0 Å². The molecule has 1 unspecified atom stereocenters. The number of nitrogens with one attached hydrogen (secondary N) is 2. The van der Waals surface area contributed by atoms with Gasteiger partial charge in [-0.25, -0.2) is 18.7 Å². The van der Waals surface area contributed by atoms with Gasteiger partial charge in [-0.1, -0.05) is 4.89 Å². The molecule has 0 aromatic heterocycles. The van der Waals surface area contributed by atoms with Gasteiger partial charge in [-0.3, -0.25) is 4.21 Å². The number of methoxy groups -OCH3 is 1. The number of hydroxylamine groups is 1. The Bertz CT molecular complexity index is 616. The summed E-state index contributed by atoms with van der Waals surface area (Å²) >= 11 is -2.74. The van der Waals surface area contributed by atoms with Gasteiger partial charge in [0, 0.05) is 11.9 Å². The molecule has 1 atom stereocenters. The second-order valence-corrected chi connectivity index (χ2v) is 5.84. The van der Waals surface area contributed by atoms with E-state index in [0.717, 1.165) is 30.2 Å². The first-order valence-corrected chi connectivity index (χ1v) is 7.58. The summed E-state index contributed by atoms with van der Waals surface area (Å²) in [5.74, 6) is -0.906. The van der Waals surface area contributed by atoms with E-state index in [-0.39, 0.29) is 5.56 Å². The summed E-state index contributed by atoms with van der Waals surface area (Å²) in [6.45, 7) is 0. The van der Waals surface area contributed by atoms with E-state index in [2.05, 4.69) is 4.74 Å². The van der Waals surface area contributed by atoms with Crippen LogP contribution in [0.15, 0.2) is 28.0 Å². The number of rotatable bonds is 4. The third-order valence-electron chi connectivity index (χ3n) is 1.92. The summed E-state index contributed by atoms with van der Waals surface area (Å²) < 4.78 is 48.6. The van der Waals surface area contributed by atoms with Crippen LogP contribution in [-0.2, 0) is 25.8 Å². The molecular formula is C9H13N2O8S2-. The fraction of sp³-hybridized carbons (Fsp3) is 0.222. The molecule has 0 aliphatic rings. The Labute approximate surface area is 123 Å². The molecule has 1 aromatic rings. The van der Waals surface area contributed by atoms with Crippen molar-refractivity contribution in [3.05, 3.63) is 23.8 Å². The maximum atomic E-state index is 11.3. The van der Waals surface area contributed by atoms with E-state index in [1.54, 1.807) is 5.48 Å². The summed E-state index contributed by atoms with van der Waals surface area (Å²) in [6, 6.07) is 2.61. The maximum absolute atomic E-state index is 11.3. The van der Waals surface area contributed by atoms with E-state index in [9.17, 15) is 22.0 Å². The van der Waals surface area contributed by atoms with Crippen LogP contribution in [0.3, 0.4) is 0 Å². The minimum atomic E-state index is -4.29. The molecule has 0 aliphatic heterocycles. The van der Waals surface area contributed by atoms with E-state index in [1.807, 2.05) is 0 Å². The molecule has 0 radical (unpaired) electrons. The van der Waals surface area contributed by atoms with Gasteiger partial charge in [0.05, 0.1) is 17.6 Å². The summed E-state index contributed by atoms with van der Waals surface area (Å²) in [7, 11) is -1.81. The summed E-state index contributed by atoms with van der Waals surface area (Å²) in [6.07, 6.45) is 0. The lowest BCUT2D eigenvalue weighted by atomic mass is 10.2. The Morgan fingerprint density at radius 2 is 1.86 bits per heavy atom. The van der Waals surface area contributed by atoms with Gasteiger partial charge in [0.1, 0.15) is 0 Å². The molecule has 4 N–H and O–H groups in total. The molecule has 21 heavy (non-hydrogen) atoms. The van der Waals surface area contributed by atoms with Crippen LogP contribution in [0.4, 0.5) is 0 Å². The van der Waals surface area contributed by atoms with Gasteiger partial charge in [-0.05, 0) is 29.3 Å². The Morgan fingerprint density at radius 3 is 2.24 bits per heavy atom. The highest BCUT2D eigenvalue weighted by Crippen LogP contribution is 2.17. The second-order valence-electron chi connectivity index (χ2n) is 3.24. The van der Waals surface area contributed by atoms with Crippen LogP contribution in [0.1, 0.15) is 10.4 Å². The Hall–Kier alpha value is -1.41. The van der Waals surface area contributed by atoms with Gasteiger partial charge >= 0.3 is 5.97 Å². The van der Waals surface area contributed by atoms with E-state index >= 15 is 0 Å². The highest BCUT2D eigenvalue weighted by Gasteiger charge is 2.18. The number of carbonyl (C=O) groups excluding carboxylic acids is 1. The van der Waals surface area contributed by atoms with Crippen molar-refractivity contribution in [2.24, 2.45) is 0 Å². The van der Waals surface area contributed by atoms with Crippen molar-refractivity contribution in [1.82, 2.24) is 10.4 Å². The molecule has 0 aliphatic carbocycles. The predicted octanol–water partition coefficient (Wildman–Crippen LogP) is -1.03. The van der Waals surface area contributed by atoms with Crippen LogP contribution in [0.25, 0.3) is 0 Å². The van der Waals surface area contributed by atoms with Crippen molar-refractivity contribution in [3.8, 4) is 0 Å². The highest BCUT2D eigenvalue weighted by atomic mass is 32.2. The van der Waals surface area contributed by atoms with Gasteiger partial charge in [-0.15, -0.1) is 0 Å². The van der Waals surface area contributed by atoms with E-state index in [0.29, 0.717) is 0 Å². The zero-order chi connectivity index (χ0) is 16.6. The maximum Gasteiger partial charge on any atom is 0.337 e. The van der Waals surface area contributed by atoms with E-state index in [1.165, 1.54) is 7.05 Å². The molecule has 0 spiro atoms. The molecular weight excluding hydrogens is 328 g/mol. The monoisotopic (exact) mass is 341 g/mol. The van der Waals surface area contributed by atoms with Crippen LogP contribution >= 0.6 is 0 Å². The van der Waals surface area contributed by atoms with Gasteiger partial charge < -0.3 is 19.7 Å². The molecule has 0 bridgehead atoms. The molecule has 10 nitrogen and oxygen atoms in total.